The van der Waals surface area contributed by atoms with Crippen LogP contribution in [-0.4, -0.2) is 30.8 Å². The minimum absolute atomic E-state index is 0.166. The minimum atomic E-state index is -3.86. The average Bonchev–Trinajstić information content (AvgIpc) is 2.51. The van der Waals surface area contributed by atoms with E-state index in [1.807, 2.05) is 6.92 Å². The maximum absolute atomic E-state index is 12.0. The van der Waals surface area contributed by atoms with Crippen LogP contribution >= 0.6 is 0 Å². The first kappa shape index (κ1) is 11.8. The van der Waals surface area contributed by atoms with Crippen LogP contribution in [0.1, 0.15) is 33.2 Å². The lowest BCUT2D eigenvalue weighted by atomic mass is 10.0. The molecule has 0 fully saturated rings. The number of rotatable bonds is 2. The highest BCUT2D eigenvalue weighted by molar-refractivity contribution is 7.89. The third kappa shape index (κ3) is 1.64. The molecule has 0 atom stereocenters. The van der Waals surface area contributed by atoms with Crippen LogP contribution in [0.2, 0.25) is 0 Å². The number of imide groups is 1. The SMILES string of the molecule is CCc1cccc2c1C(=O)N(S(C)(=O)=O)C2=O. The molecule has 90 valence electrons. The lowest BCUT2D eigenvalue weighted by Crippen LogP contribution is -2.35. The second kappa shape index (κ2) is 3.66. The normalized spacial score (nSPS) is 15.3. The molecule has 0 unspecified atom stereocenters. The average molecular weight is 253 g/mol. The zero-order valence-corrected chi connectivity index (χ0v) is 10.2. The largest absolute Gasteiger partial charge is 0.275 e. The van der Waals surface area contributed by atoms with E-state index < -0.39 is 21.8 Å². The van der Waals surface area contributed by atoms with E-state index in [4.69, 9.17) is 0 Å². The summed E-state index contributed by atoms with van der Waals surface area (Å²) in [7, 11) is -3.86. The number of nitrogens with zero attached hydrogens (tertiary/aromatic N) is 1. The van der Waals surface area contributed by atoms with Gasteiger partial charge in [-0.3, -0.25) is 9.59 Å². The molecule has 0 spiro atoms. The summed E-state index contributed by atoms with van der Waals surface area (Å²) >= 11 is 0. The summed E-state index contributed by atoms with van der Waals surface area (Å²) in [6.45, 7) is 1.84. The maximum Gasteiger partial charge on any atom is 0.275 e. The molecule has 2 rings (SSSR count). The predicted molar refractivity (Wildman–Crippen MR) is 61.2 cm³/mol. The zero-order valence-electron chi connectivity index (χ0n) is 9.43. The summed E-state index contributed by atoms with van der Waals surface area (Å²) in [5.74, 6) is -1.51. The fraction of sp³-hybridized carbons (Fsp3) is 0.273. The molecule has 0 aromatic heterocycles. The van der Waals surface area contributed by atoms with Crippen molar-refractivity contribution in [2.45, 2.75) is 13.3 Å². The van der Waals surface area contributed by atoms with Crippen LogP contribution in [0, 0.1) is 0 Å². The van der Waals surface area contributed by atoms with Crippen molar-refractivity contribution in [1.82, 2.24) is 4.31 Å². The Bertz CT molecular complexity index is 618. The predicted octanol–water partition coefficient (Wildman–Crippen LogP) is 0.805. The fourth-order valence-corrected chi connectivity index (χ4v) is 2.72. The standard InChI is InChI=1S/C11H11NO4S/c1-3-7-5-4-6-8-9(7)11(14)12(10(8)13)17(2,15)16/h4-6H,3H2,1-2H3. The van der Waals surface area contributed by atoms with Crippen molar-refractivity contribution in [3.63, 3.8) is 0 Å². The molecule has 6 heteroatoms. The molecule has 0 saturated heterocycles. The van der Waals surface area contributed by atoms with Gasteiger partial charge < -0.3 is 0 Å². The first-order chi connectivity index (χ1) is 7.88. The van der Waals surface area contributed by atoms with Gasteiger partial charge in [-0.2, -0.15) is 4.31 Å². The Morgan fingerprint density at radius 1 is 1.18 bits per heavy atom. The van der Waals surface area contributed by atoms with Gasteiger partial charge in [0.2, 0.25) is 10.0 Å². The lowest BCUT2D eigenvalue weighted by Gasteiger charge is -2.09. The summed E-state index contributed by atoms with van der Waals surface area (Å²) in [5.41, 5.74) is 1.07. The molecule has 0 bridgehead atoms. The number of fused-ring (bicyclic) bond motifs is 1. The number of benzene rings is 1. The van der Waals surface area contributed by atoms with Crippen molar-refractivity contribution in [3.8, 4) is 0 Å². The molecule has 17 heavy (non-hydrogen) atoms. The van der Waals surface area contributed by atoms with Crippen molar-refractivity contribution in [1.29, 1.82) is 0 Å². The molecule has 0 saturated carbocycles. The quantitative estimate of drug-likeness (QED) is 0.731. The van der Waals surface area contributed by atoms with Crippen molar-refractivity contribution < 1.29 is 18.0 Å². The molecule has 0 aliphatic carbocycles. The van der Waals surface area contributed by atoms with Crippen LogP contribution in [0.25, 0.3) is 0 Å². The molecule has 1 aliphatic rings. The fourth-order valence-electron chi connectivity index (χ4n) is 1.93. The summed E-state index contributed by atoms with van der Waals surface area (Å²) in [4.78, 5) is 23.8. The highest BCUT2D eigenvalue weighted by atomic mass is 32.2. The van der Waals surface area contributed by atoms with Gasteiger partial charge in [-0.25, -0.2) is 8.42 Å². The van der Waals surface area contributed by atoms with E-state index in [9.17, 15) is 18.0 Å². The van der Waals surface area contributed by atoms with E-state index in [2.05, 4.69) is 0 Å². The molecule has 1 aliphatic heterocycles. The number of hydrogen-bond donors (Lipinski definition) is 0. The van der Waals surface area contributed by atoms with E-state index in [-0.39, 0.29) is 11.1 Å². The number of sulfonamides is 1. The summed E-state index contributed by atoms with van der Waals surface area (Å²) in [6, 6.07) is 4.84. The number of amides is 2. The molecule has 5 nitrogen and oxygen atoms in total. The zero-order chi connectivity index (χ0) is 12.8. The molecule has 0 N–H and O–H groups in total. The van der Waals surface area contributed by atoms with E-state index in [1.54, 1.807) is 12.1 Å². The first-order valence-corrected chi connectivity index (χ1v) is 6.93. The number of carbonyl (C=O) groups excluding carboxylic acids is 2. The molecule has 1 aromatic carbocycles. The van der Waals surface area contributed by atoms with Gasteiger partial charge in [-0.05, 0) is 18.1 Å². The lowest BCUT2D eigenvalue weighted by molar-refractivity contribution is 0.0766. The van der Waals surface area contributed by atoms with Crippen LogP contribution in [0.3, 0.4) is 0 Å². The molecule has 0 radical (unpaired) electrons. The van der Waals surface area contributed by atoms with Gasteiger partial charge in [0.05, 0.1) is 17.4 Å². The monoisotopic (exact) mass is 253 g/mol. The summed E-state index contributed by atoms with van der Waals surface area (Å²) < 4.78 is 23.1. The summed E-state index contributed by atoms with van der Waals surface area (Å²) in [5, 5.41) is 0. The van der Waals surface area contributed by atoms with Crippen LogP contribution in [0.15, 0.2) is 18.2 Å². The highest BCUT2D eigenvalue weighted by Crippen LogP contribution is 2.27. The molecule has 2 amide bonds. The van der Waals surface area contributed by atoms with Crippen molar-refractivity contribution in [3.05, 3.63) is 34.9 Å². The van der Waals surface area contributed by atoms with Gasteiger partial charge in [0.1, 0.15) is 0 Å². The minimum Gasteiger partial charge on any atom is -0.267 e. The van der Waals surface area contributed by atoms with Gasteiger partial charge in [0.25, 0.3) is 11.8 Å². The molecular formula is C11H11NO4S. The second-order valence-corrected chi connectivity index (χ2v) is 5.66. The summed E-state index contributed by atoms with van der Waals surface area (Å²) in [6.07, 6.45) is 1.42. The Morgan fingerprint density at radius 3 is 2.35 bits per heavy atom. The third-order valence-electron chi connectivity index (χ3n) is 2.68. The van der Waals surface area contributed by atoms with Gasteiger partial charge in [0.15, 0.2) is 0 Å². The van der Waals surface area contributed by atoms with Crippen molar-refractivity contribution in [2.24, 2.45) is 0 Å². The van der Waals surface area contributed by atoms with Crippen LogP contribution in [-0.2, 0) is 16.4 Å². The Hall–Kier alpha value is -1.69. The van der Waals surface area contributed by atoms with E-state index in [0.29, 0.717) is 16.3 Å². The van der Waals surface area contributed by atoms with E-state index >= 15 is 0 Å². The maximum atomic E-state index is 12.0. The Morgan fingerprint density at radius 2 is 1.82 bits per heavy atom. The van der Waals surface area contributed by atoms with Gasteiger partial charge in [0, 0.05) is 0 Å². The van der Waals surface area contributed by atoms with Gasteiger partial charge in [-0.15, -0.1) is 0 Å². The smallest absolute Gasteiger partial charge is 0.267 e. The Labute approximate surface area is 99.1 Å². The van der Waals surface area contributed by atoms with Crippen LogP contribution in [0.4, 0.5) is 0 Å². The van der Waals surface area contributed by atoms with Crippen LogP contribution < -0.4 is 0 Å². The first-order valence-electron chi connectivity index (χ1n) is 5.08. The van der Waals surface area contributed by atoms with Crippen LogP contribution in [0.5, 0.6) is 0 Å². The molecule has 1 aromatic rings. The van der Waals surface area contributed by atoms with E-state index in [0.717, 1.165) is 6.26 Å². The van der Waals surface area contributed by atoms with Crippen molar-refractivity contribution >= 4 is 21.8 Å². The molecule has 1 heterocycles. The number of carbonyl (C=O) groups is 2. The Kier molecular flexibility index (Phi) is 2.54. The van der Waals surface area contributed by atoms with Crippen molar-refractivity contribution in [2.75, 3.05) is 6.26 Å². The third-order valence-corrected chi connectivity index (χ3v) is 3.67. The van der Waals surface area contributed by atoms with Gasteiger partial charge >= 0.3 is 0 Å². The topological polar surface area (TPSA) is 71.5 Å². The number of aryl methyl sites for hydroxylation is 1. The number of hydrogen-bond acceptors (Lipinski definition) is 4. The van der Waals surface area contributed by atoms with E-state index in [1.165, 1.54) is 6.07 Å². The second-order valence-electron chi connectivity index (χ2n) is 3.83. The van der Waals surface area contributed by atoms with Gasteiger partial charge in [-0.1, -0.05) is 19.1 Å². The highest BCUT2D eigenvalue weighted by Gasteiger charge is 2.42. The molecular weight excluding hydrogens is 242 g/mol. The Balaban J connectivity index is 2.69.